The smallest absolute Gasteiger partial charge is 0.282 e. The maximum Gasteiger partial charge on any atom is 0.282 e. The summed E-state index contributed by atoms with van der Waals surface area (Å²) in [4.78, 5) is 25.1. The first-order chi connectivity index (χ1) is 13.0. The number of para-hydroxylation sites is 1. The highest BCUT2D eigenvalue weighted by molar-refractivity contribution is 6.32. The molecule has 7 heteroatoms. The Morgan fingerprint density at radius 2 is 1.96 bits per heavy atom. The van der Waals surface area contributed by atoms with Crippen LogP contribution in [0.4, 0.5) is 5.69 Å². The molecule has 1 aliphatic heterocycles. The predicted octanol–water partition coefficient (Wildman–Crippen LogP) is 3.37. The Morgan fingerprint density at radius 1 is 1.22 bits per heavy atom. The van der Waals surface area contributed by atoms with Gasteiger partial charge >= 0.3 is 0 Å². The molecule has 1 saturated heterocycles. The number of nitrogens with one attached hydrogen (secondary N) is 1. The Morgan fingerprint density at radius 3 is 2.63 bits per heavy atom. The van der Waals surface area contributed by atoms with E-state index in [1.165, 1.54) is 18.2 Å². The van der Waals surface area contributed by atoms with E-state index in [4.69, 9.17) is 21.1 Å². The van der Waals surface area contributed by atoms with Crippen molar-refractivity contribution in [1.29, 1.82) is 0 Å². The van der Waals surface area contributed by atoms with Crippen LogP contribution in [0.15, 0.2) is 60.7 Å². The number of rotatable bonds is 6. The van der Waals surface area contributed by atoms with Crippen LogP contribution in [0.1, 0.15) is 5.56 Å². The largest absolute Gasteiger partial charge is 0.493 e. The highest BCUT2D eigenvalue weighted by atomic mass is 35.5. The van der Waals surface area contributed by atoms with Crippen molar-refractivity contribution in [3.63, 3.8) is 0 Å². The van der Waals surface area contributed by atoms with Crippen molar-refractivity contribution < 1.29 is 19.1 Å². The lowest BCUT2D eigenvalue weighted by atomic mass is 10.1. The number of hydrogen-bond donors (Lipinski definition) is 1. The molecule has 1 N–H and O–H groups in total. The third-order valence-electron chi connectivity index (χ3n) is 3.82. The molecular formula is C20H17ClN2O4. The molecule has 0 unspecified atom stereocenters. The Hall–Kier alpha value is -3.25. The molecule has 0 spiro atoms. The lowest BCUT2D eigenvalue weighted by molar-refractivity contribution is -0.117. The van der Waals surface area contributed by atoms with E-state index in [1.54, 1.807) is 42.5 Å². The molecule has 1 heterocycles. The molecular weight excluding hydrogens is 368 g/mol. The second-order valence-corrected chi connectivity index (χ2v) is 6.04. The van der Waals surface area contributed by atoms with E-state index in [1.807, 2.05) is 6.07 Å². The van der Waals surface area contributed by atoms with Gasteiger partial charge in [0.1, 0.15) is 12.2 Å². The summed E-state index contributed by atoms with van der Waals surface area (Å²) in [6.45, 7) is 3.84. The van der Waals surface area contributed by atoms with Crippen molar-refractivity contribution in [1.82, 2.24) is 5.43 Å². The zero-order valence-electron chi connectivity index (χ0n) is 14.6. The van der Waals surface area contributed by atoms with Gasteiger partial charge in [-0.3, -0.25) is 15.0 Å². The summed E-state index contributed by atoms with van der Waals surface area (Å²) in [7, 11) is 1.48. The minimum absolute atomic E-state index is 0.0355. The van der Waals surface area contributed by atoms with E-state index in [0.29, 0.717) is 27.8 Å². The van der Waals surface area contributed by atoms with Gasteiger partial charge in [0.05, 0.1) is 12.8 Å². The van der Waals surface area contributed by atoms with Gasteiger partial charge in [-0.05, 0) is 24.3 Å². The molecule has 0 saturated carbocycles. The maximum atomic E-state index is 12.7. The van der Waals surface area contributed by atoms with Gasteiger partial charge in [0.25, 0.3) is 11.8 Å². The summed E-state index contributed by atoms with van der Waals surface area (Å²) in [6, 6.07) is 12.0. The predicted molar refractivity (Wildman–Crippen MR) is 104 cm³/mol. The molecule has 2 aromatic rings. The van der Waals surface area contributed by atoms with Crippen LogP contribution in [-0.4, -0.2) is 25.5 Å². The zero-order chi connectivity index (χ0) is 19.4. The van der Waals surface area contributed by atoms with Gasteiger partial charge in [-0.25, -0.2) is 5.01 Å². The number of amides is 2. The second-order valence-electron chi connectivity index (χ2n) is 5.60. The fraction of sp³-hybridized carbons (Fsp3) is 0.100. The molecule has 1 aliphatic rings. The normalized spacial score (nSPS) is 15.0. The van der Waals surface area contributed by atoms with Crippen LogP contribution in [0.5, 0.6) is 11.5 Å². The number of halogens is 1. The number of carbonyl (C=O) groups is 2. The summed E-state index contributed by atoms with van der Waals surface area (Å²) < 4.78 is 11.0. The van der Waals surface area contributed by atoms with Gasteiger partial charge in [0, 0.05) is 16.7 Å². The molecule has 1 fully saturated rings. The minimum atomic E-state index is -0.516. The number of hydrogen-bond acceptors (Lipinski definition) is 4. The Bertz CT molecular complexity index is 925. The van der Waals surface area contributed by atoms with Gasteiger partial charge in [-0.1, -0.05) is 42.5 Å². The summed E-state index contributed by atoms with van der Waals surface area (Å²) >= 11 is 6.14. The lowest BCUT2D eigenvalue weighted by Gasteiger charge is -2.14. The van der Waals surface area contributed by atoms with Crippen molar-refractivity contribution in [2.24, 2.45) is 0 Å². The number of ether oxygens (including phenoxy) is 2. The Kier molecular flexibility index (Phi) is 5.47. The molecule has 0 radical (unpaired) electrons. The molecule has 138 valence electrons. The number of benzene rings is 2. The molecule has 0 aromatic heterocycles. The molecule has 0 aliphatic carbocycles. The van der Waals surface area contributed by atoms with Crippen molar-refractivity contribution in [3.05, 3.63) is 71.3 Å². The van der Waals surface area contributed by atoms with E-state index in [-0.39, 0.29) is 12.2 Å². The third kappa shape index (κ3) is 3.80. The van der Waals surface area contributed by atoms with E-state index >= 15 is 0 Å². The first kappa shape index (κ1) is 18.5. The van der Waals surface area contributed by atoms with Gasteiger partial charge in [0.2, 0.25) is 0 Å². The fourth-order valence-corrected chi connectivity index (χ4v) is 2.83. The fourth-order valence-electron chi connectivity index (χ4n) is 2.62. The van der Waals surface area contributed by atoms with E-state index in [0.717, 1.165) is 0 Å². The van der Waals surface area contributed by atoms with Crippen molar-refractivity contribution in [2.75, 3.05) is 18.7 Å². The van der Waals surface area contributed by atoms with Crippen LogP contribution in [-0.2, 0) is 9.59 Å². The van der Waals surface area contributed by atoms with Gasteiger partial charge in [-0.15, -0.1) is 0 Å². The summed E-state index contributed by atoms with van der Waals surface area (Å²) in [5, 5.41) is 1.58. The third-order valence-corrected chi connectivity index (χ3v) is 4.04. The molecule has 3 rings (SSSR count). The topological polar surface area (TPSA) is 67.9 Å². The number of nitrogens with zero attached hydrogens (tertiary/aromatic N) is 1. The number of carbonyl (C=O) groups excluding carboxylic acids is 2. The standard InChI is InChI=1S/C20H17ClN2O4/c1-3-9-27-18-13(10-14(21)12-17(18)26-2)11-16-19(24)22-23(20(16)25)15-7-5-4-6-8-15/h3-8,10-12H,1,9H2,2H3,(H,22,24). The molecule has 0 bridgehead atoms. The van der Waals surface area contributed by atoms with Gasteiger partial charge in [0.15, 0.2) is 11.5 Å². The summed E-state index contributed by atoms with van der Waals surface area (Å²) in [5.74, 6) is -0.229. The first-order valence-corrected chi connectivity index (χ1v) is 8.46. The van der Waals surface area contributed by atoms with Crippen LogP contribution in [0.3, 0.4) is 0 Å². The van der Waals surface area contributed by atoms with E-state index in [9.17, 15) is 9.59 Å². The summed E-state index contributed by atoms with van der Waals surface area (Å²) in [5.41, 5.74) is 3.53. The molecule has 2 amide bonds. The lowest BCUT2D eigenvalue weighted by Crippen LogP contribution is -2.35. The highest BCUT2D eigenvalue weighted by Gasteiger charge is 2.34. The van der Waals surface area contributed by atoms with Crippen molar-refractivity contribution in [3.8, 4) is 11.5 Å². The zero-order valence-corrected chi connectivity index (χ0v) is 15.3. The first-order valence-electron chi connectivity index (χ1n) is 8.08. The monoisotopic (exact) mass is 384 g/mol. The van der Waals surface area contributed by atoms with Crippen LogP contribution in [0.2, 0.25) is 5.02 Å². The molecule has 0 atom stereocenters. The Balaban J connectivity index is 2.03. The highest BCUT2D eigenvalue weighted by Crippen LogP contribution is 2.36. The quantitative estimate of drug-likeness (QED) is 0.471. The van der Waals surface area contributed by atoms with E-state index < -0.39 is 11.8 Å². The van der Waals surface area contributed by atoms with E-state index in [2.05, 4.69) is 12.0 Å². The molecule has 2 aromatic carbocycles. The molecule has 27 heavy (non-hydrogen) atoms. The minimum Gasteiger partial charge on any atom is -0.493 e. The maximum absolute atomic E-state index is 12.7. The van der Waals surface area contributed by atoms with Crippen LogP contribution in [0, 0.1) is 0 Å². The summed E-state index contributed by atoms with van der Waals surface area (Å²) in [6.07, 6.45) is 3.02. The van der Waals surface area contributed by atoms with Crippen molar-refractivity contribution >= 4 is 35.2 Å². The van der Waals surface area contributed by atoms with Crippen LogP contribution >= 0.6 is 11.6 Å². The number of anilines is 1. The second kappa shape index (κ2) is 7.97. The number of hydrazine groups is 1. The van der Waals surface area contributed by atoms with Gasteiger partial charge in [-0.2, -0.15) is 0 Å². The SMILES string of the molecule is C=CCOc1c(C=C2C(=O)NN(c3ccccc3)C2=O)cc(Cl)cc1OC. The van der Waals surface area contributed by atoms with Crippen molar-refractivity contribution in [2.45, 2.75) is 0 Å². The van der Waals surface area contributed by atoms with Crippen LogP contribution < -0.4 is 19.9 Å². The number of methoxy groups -OCH3 is 1. The van der Waals surface area contributed by atoms with Crippen LogP contribution in [0.25, 0.3) is 6.08 Å². The average Bonchev–Trinajstić information content (AvgIpc) is 2.95. The average molecular weight is 385 g/mol. The molecule has 6 nitrogen and oxygen atoms in total. The van der Waals surface area contributed by atoms with Gasteiger partial charge < -0.3 is 9.47 Å². The Labute approximate surface area is 161 Å².